The molecule has 2 amide bonds. The summed E-state index contributed by atoms with van der Waals surface area (Å²) in [7, 11) is 0. The minimum atomic E-state index is 0.113. The Bertz CT molecular complexity index is 387. The standard InChI is InChI=1S/C16H27N3O2/c20-15(17-14-5-1-2-6-14)12-18-10-7-13(11-18)16(21)19-8-3-4-9-19/h13-14H,1-12H2,(H,17,20). The fraction of sp³-hybridized carbons (Fsp3) is 0.875. The summed E-state index contributed by atoms with van der Waals surface area (Å²) in [6, 6.07) is 0.391. The molecule has 5 heteroatoms. The van der Waals surface area contributed by atoms with Crippen molar-refractivity contribution in [3.63, 3.8) is 0 Å². The van der Waals surface area contributed by atoms with Crippen LogP contribution in [0.2, 0.25) is 0 Å². The summed E-state index contributed by atoms with van der Waals surface area (Å²) in [6.07, 6.45) is 7.93. The first kappa shape index (κ1) is 14.8. The first-order valence-electron chi connectivity index (χ1n) is 8.53. The highest BCUT2D eigenvalue weighted by molar-refractivity contribution is 5.80. The van der Waals surface area contributed by atoms with Crippen LogP contribution in [0.1, 0.15) is 44.9 Å². The van der Waals surface area contributed by atoms with E-state index in [9.17, 15) is 9.59 Å². The van der Waals surface area contributed by atoms with Gasteiger partial charge in [-0.25, -0.2) is 0 Å². The number of carbonyl (C=O) groups is 2. The van der Waals surface area contributed by atoms with Gasteiger partial charge < -0.3 is 10.2 Å². The highest BCUT2D eigenvalue weighted by atomic mass is 16.2. The van der Waals surface area contributed by atoms with Crippen LogP contribution in [-0.4, -0.2) is 60.4 Å². The van der Waals surface area contributed by atoms with E-state index in [4.69, 9.17) is 0 Å². The molecule has 0 spiro atoms. The molecule has 0 aromatic heterocycles. The van der Waals surface area contributed by atoms with Crippen molar-refractivity contribution in [2.45, 2.75) is 51.0 Å². The van der Waals surface area contributed by atoms with E-state index in [0.29, 0.717) is 18.5 Å². The molecule has 1 atom stereocenters. The lowest BCUT2D eigenvalue weighted by molar-refractivity contribution is -0.134. The third-order valence-electron chi connectivity index (χ3n) is 5.13. The lowest BCUT2D eigenvalue weighted by atomic mass is 10.1. The normalized spacial score (nSPS) is 27.4. The summed E-state index contributed by atoms with van der Waals surface area (Å²) < 4.78 is 0. The molecule has 3 fully saturated rings. The zero-order chi connectivity index (χ0) is 14.7. The van der Waals surface area contributed by atoms with E-state index >= 15 is 0 Å². The van der Waals surface area contributed by atoms with Crippen molar-refractivity contribution >= 4 is 11.8 Å². The quantitative estimate of drug-likeness (QED) is 0.841. The molecule has 2 saturated heterocycles. The van der Waals surface area contributed by atoms with Crippen molar-refractivity contribution in [1.29, 1.82) is 0 Å². The summed E-state index contributed by atoms with van der Waals surface area (Å²) in [4.78, 5) is 28.5. The van der Waals surface area contributed by atoms with Gasteiger partial charge in [-0.3, -0.25) is 14.5 Å². The lowest BCUT2D eigenvalue weighted by Gasteiger charge is -2.21. The van der Waals surface area contributed by atoms with Crippen molar-refractivity contribution in [1.82, 2.24) is 15.1 Å². The molecule has 5 nitrogen and oxygen atoms in total. The third-order valence-corrected chi connectivity index (χ3v) is 5.13. The van der Waals surface area contributed by atoms with Gasteiger partial charge in [0.2, 0.25) is 11.8 Å². The van der Waals surface area contributed by atoms with Gasteiger partial charge in [0.05, 0.1) is 12.5 Å². The Labute approximate surface area is 127 Å². The molecular weight excluding hydrogens is 266 g/mol. The molecule has 118 valence electrons. The average Bonchev–Trinajstić information content (AvgIpc) is 3.20. The average molecular weight is 293 g/mol. The molecule has 1 N–H and O–H groups in total. The molecule has 3 aliphatic rings. The second-order valence-corrected chi connectivity index (χ2v) is 6.80. The second-order valence-electron chi connectivity index (χ2n) is 6.80. The highest BCUT2D eigenvalue weighted by Crippen LogP contribution is 2.21. The summed E-state index contributed by atoms with van der Waals surface area (Å²) in [5.74, 6) is 0.560. The fourth-order valence-electron chi connectivity index (χ4n) is 3.92. The molecule has 1 unspecified atom stereocenters. The minimum Gasteiger partial charge on any atom is -0.352 e. The van der Waals surface area contributed by atoms with Crippen LogP contribution in [0.25, 0.3) is 0 Å². The van der Waals surface area contributed by atoms with E-state index < -0.39 is 0 Å². The van der Waals surface area contributed by atoms with Gasteiger partial charge in [0.15, 0.2) is 0 Å². The third kappa shape index (κ3) is 3.76. The molecule has 1 aliphatic carbocycles. The van der Waals surface area contributed by atoms with Crippen LogP contribution >= 0.6 is 0 Å². The highest BCUT2D eigenvalue weighted by Gasteiger charge is 2.33. The number of nitrogens with zero attached hydrogens (tertiary/aromatic N) is 2. The summed E-state index contributed by atoms with van der Waals surface area (Å²) >= 11 is 0. The van der Waals surface area contributed by atoms with Gasteiger partial charge in [0.1, 0.15) is 0 Å². The van der Waals surface area contributed by atoms with E-state index in [2.05, 4.69) is 10.2 Å². The topological polar surface area (TPSA) is 52.7 Å². The number of hydrogen-bond donors (Lipinski definition) is 1. The smallest absolute Gasteiger partial charge is 0.234 e. The Morgan fingerprint density at radius 3 is 2.38 bits per heavy atom. The van der Waals surface area contributed by atoms with Crippen LogP contribution in [-0.2, 0) is 9.59 Å². The van der Waals surface area contributed by atoms with Crippen LogP contribution in [0.5, 0.6) is 0 Å². The van der Waals surface area contributed by atoms with E-state index in [0.717, 1.165) is 58.3 Å². The van der Waals surface area contributed by atoms with Gasteiger partial charge in [-0.05, 0) is 38.6 Å². The Morgan fingerprint density at radius 1 is 0.952 bits per heavy atom. The number of amides is 2. The van der Waals surface area contributed by atoms with Crippen LogP contribution in [0.3, 0.4) is 0 Å². The number of likely N-dealkylation sites (tertiary alicyclic amines) is 2. The van der Waals surface area contributed by atoms with Crippen molar-refractivity contribution in [2.75, 3.05) is 32.7 Å². The molecule has 0 aromatic rings. The van der Waals surface area contributed by atoms with Gasteiger partial charge >= 0.3 is 0 Å². The van der Waals surface area contributed by atoms with E-state index in [-0.39, 0.29) is 11.8 Å². The molecule has 3 rings (SSSR count). The van der Waals surface area contributed by atoms with Gasteiger partial charge in [0.25, 0.3) is 0 Å². The van der Waals surface area contributed by atoms with E-state index in [1.807, 2.05) is 4.90 Å². The van der Waals surface area contributed by atoms with Gasteiger partial charge in [-0.1, -0.05) is 12.8 Å². The maximum Gasteiger partial charge on any atom is 0.234 e. The summed E-state index contributed by atoms with van der Waals surface area (Å²) in [5.41, 5.74) is 0. The van der Waals surface area contributed by atoms with Crippen molar-refractivity contribution in [3.05, 3.63) is 0 Å². The van der Waals surface area contributed by atoms with Crippen LogP contribution in [0, 0.1) is 5.92 Å². The van der Waals surface area contributed by atoms with Crippen molar-refractivity contribution in [2.24, 2.45) is 5.92 Å². The van der Waals surface area contributed by atoms with Gasteiger partial charge in [-0.2, -0.15) is 0 Å². The monoisotopic (exact) mass is 293 g/mol. The molecule has 1 saturated carbocycles. The Balaban J connectivity index is 1.41. The molecule has 0 bridgehead atoms. The molecule has 0 radical (unpaired) electrons. The molecule has 21 heavy (non-hydrogen) atoms. The lowest BCUT2D eigenvalue weighted by Crippen LogP contribution is -2.41. The Hall–Kier alpha value is -1.10. The largest absolute Gasteiger partial charge is 0.352 e. The Morgan fingerprint density at radius 2 is 1.67 bits per heavy atom. The van der Waals surface area contributed by atoms with Gasteiger partial charge in [0, 0.05) is 25.7 Å². The predicted molar refractivity (Wildman–Crippen MR) is 80.8 cm³/mol. The molecule has 2 heterocycles. The first-order valence-corrected chi connectivity index (χ1v) is 8.53. The molecule has 2 aliphatic heterocycles. The fourth-order valence-corrected chi connectivity index (χ4v) is 3.92. The predicted octanol–water partition coefficient (Wildman–Crippen LogP) is 0.989. The second kappa shape index (κ2) is 6.77. The minimum absolute atomic E-state index is 0.113. The van der Waals surface area contributed by atoms with Crippen molar-refractivity contribution in [3.8, 4) is 0 Å². The maximum absolute atomic E-state index is 12.4. The number of carbonyl (C=O) groups excluding carboxylic acids is 2. The molecule has 0 aromatic carbocycles. The first-order chi connectivity index (χ1) is 10.2. The number of hydrogen-bond acceptors (Lipinski definition) is 3. The zero-order valence-corrected chi connectivity index (χ0v) is 12.9. The van der Waals surface area contributed by atoms with Crippen LogP contribution < -0.4 is 5.32 Å². The number of nitrogens with one attached hydrogen (secondary N) is 1. The van der Waals surface area contributed by atoms with Crippen molar-refractivity contribution < 1.29 is 9.59 Å². The summed E-state index contributed by atoms with van der Waals surface area (Å²) in [6.45, 7) is 3.95. The molecular formula is C16H27N3O2. The zero-order valence-electron chi connectivity index (χ0n) is 12.9. The Kier molecular flexibility index (Phi) is 4.78. The van der Waals surface area contributed by atoms with Crippen LogP contribution in [0.4, 0.5) is 0 Å². The SMILES string of the molecule is O=C(CN1CCC(C(=O)N2CCCC2)C1)NC1CCCC1. The van der Waals surface area contributed by atoms with E-state index in [1.54, 1.807) is 0 Å². The number of rotatable bonds is 4. The summed E-state index contributed by atoms with van der Waals surface area (Å²) in [5, 5.41) is 3.13. The van der Waals surface area contributed by atoms with E-state index in [1.165, 1.54) is 12.8 Å². The van der Waals surface area contributed by atoms with Gasteiger partial charge in [-0.15, -0.1) is 0 Å². The maximum atomic E-state index is 12.4. The van der Waals surface area contributed by atoms with Crippen LogP contribution in [0.15, 0.2) is 0 Å².